The van der Waals surface area contributed by atoms with Crippen LogP contribution in [0.1, 0.15) is 5.56 Å². The Morgan fingerprint density at radius 3 is 2.56 bits per heavy atom. The molecule has 36 heavy (non-hydrogen) atoms. The number of morpholine rings is 1. The fraction of sp³-hybridized carbons (Fsp3) is 0.185. The van der Waals surface area contributed by atoms with E-state index in [4.69, 9.17) is 14.3 Å². The molecular formula is C27H22N4O5. The van der Waals surface area contributed by atoms with Crippen molar-refractivity contribution in [2.75, 3.05) is 31.2 Å². The monoisotopic (exact) mass is 482 g/mol. The van der Waals surface area contributed by atoms with Crippen LogP contribution in [0.4, 0.5) is 11.4 Å². The molecule has 9 heteroatoms. The Kier molecular flexibility index (Phi) is 5.26. The third-order valence-corrected chi connectivity index (χ3v) is 6.58. The summed E-state index contributed by atoms with van der Waals surface area (Å²) in [6.45, 7) is 4.41. The Labute approximate surface area is 205 Å². The lowest BCUT2D eigenvalue weighted by Crippen LogP contribution is -2.36. The van der Waals surface area contributed by atoms with Gasteiger partial charge < -0.3 is 14.1 Å². The summed E-state index contributed by atoms with van der Waals surface area (Å²) < 4.78 is 12.2. The van der Waals surface area contributed by atoms with Crippen LogP contribution in [0, 0.1) is 17.0 Å². The maximum Gasteiger partial charge on any atom is 0.295 e. The lowest BCUT2D eigenvalue weighted by Gasteiger charge is -2.29. The first-order valence-electron chi connectivity index (χ1n) is 11.6. The summed E-state index contributed by atoms with van der Waals surface area (Å²) in [5.41, 5.74) is 3.35. The maximum absolute atomic E-state index is 13.6. The van der Waals surface area contributed by atoms with Crippen molar-refractivity contribution in [2.24, 2.45) is 0 Å². The maximum atomic E-state index is 13.6. The van der Waals surface area contributed by atoms with Gasteiger partial charge in [-0.05, 0) is 48.9 Å². The molecule has 0 saturated carbocycles. The van der Waals surface area contributed by atoms with Crippen LogP contribution in [0.2, 0.25) is 0 Å². The third kappa shape index (κ3) is 3.61. The zero-order valence-electron chi connectivity index (χ0n) is 19.5. The fourth-order valence-electron chi connectivity index (χ4n) is 4.82. The van der Waals surface area contributed by atoms with Crippen molar-refractivity contribution in [3.63, 3.8) is 0 Å². The number of hydrogen-bond donors (Lipinski definition) is 0. The molecule has 0 N–H and O–H groups in total. The van der Waals surface area contributed by atoms with Crippen molar-refractivity contribution in [1.29, 1.82) is 0 Å². The number of ether oxygens (including phenoxy) is 1. The van der Waals surface area contributed by atoms with Crippen LogP contribution >= 0.6 is 0 Å². The van der Waals surface area contributed by atoms with Crippen LogP contribution in [0.5, 0.6) is 0 Å². The molecule has 5 aromatic rings. The van der Waals surface area contributed by atoms with Crippen molar-refractivity contribution < 1.29 is 14.1 Å². The van der Waals surface area contributed by atoms with Gasteiger partial charge in [0.1, 0.15) is 11.3 Å². The summed E-state index contributed by atoms with van der Waals surface area (Å²) in [5.74, 6) is 0. The van der Waals surface area contributed by atoms with E-state index in [-0.39, 0.29) is 11.4 Å². The number of hydrogen-bond acceptors (Lipinski definition) is 7. The van der Waals surface area contributed by atoms with E-state index in [0.29, 0.717) is 42.8 Å². The van der Waals surface area contributed by atoms with Crippen molar-refractivity contribution >= 4 is 33.1 Å². The van der Waals surface area contributed by atoms with E-state index < -0.39 is 10.5 Å². The van der Waals surface area contributed by atoms with Gasteiger partial charge in [-0.1, -0.05) is 18.2 Å². The van der Waals surface area contributed by atoms with E-state index >= 15 is 0 Å². The lowest BCUT2D eigenvalue weighted by atomic mass is 10.0. The molecule has 2 aromatic heterocycles. The molecule has 180 valence electrons. The second kappa shape index (κ2) is 8.62. The van der Waals surface area contributed by atoms with Gasteiger partial charge in [0.05, 0.1) is 35.5 Å². The van der Waals surface area contributed by atoms with E-state index in [1.807, 2.05) is 37.3 Å². The topological polar surface area (TPSA) is 104 Å². The van der Waals surface area contributed by atoms with E-state index in [1.165, 1.54) is 6.07 Å². The number of nitrogens with zero attached hydrogens (tertiary/aromatic N) is 4. The Morgan fingerprint density at radius 1 is 1.00 bits per heavy atom. The highest BCUT2D eigenvalue weighted by Crippen LogP contribution is 2.33. The van der Waals surface area contributed by atoms with E-state index in [0.717, 1.165) is 32.5 Å². The minimum atomic E-state index is -0.483. The molecule has 9 nitrogen and oxygen atoms in total. The molecule has 0 spiro atoms. The van der Waals surface area contributed by atoms with Crippen molar-refractivity contribution in [3.8, 4) is 16.9 Å². The van der Waals surface area contributed by atoms with E-state index in [2.05, 4.69) is 4.90 Å². The molecule has 0 aliphatic carbocycles. The average molecular weight is 482 g/mol. The van der Waals surface area contributed by atoms with Gasteiger partial charge in [0.2, 0.25) is 0 Å². The smallest absolute Gasteiger partial charge is 0.295 e. The molecule has 0 atom stereocenters. The highest BCUT2D eigenvalue weighted by atomic mass is 16.6. The SMILES string of the molecule is Cc1cc(-c2nn(-c3cc(N4CCOCC4)ccc3[N+](=O)[O-])c(=O)c3ccccc23)cc2ccoc12. The molecule has 3 heterocycles. The van der Waals surface area contributed by atoms with E-state index in [1.54, 1.807) is 30.5 Å². The number of aromatic nitrogens is 2. The summed E-state index contributed by atoms with van der Waals surface area (Å²) in [6.07, 6.45) is 1.63. The largest absolute Gasteiger partial charge is 0.464 e. The molecule has 0 unspecified atom stereocenters. The predicted molar refractivity (Wildman–Crippen MR) is 137 cm³/mol. The molecule has 1 aliphatic rings. The Morgan fingerprint density at radius 2 is 1.78 bits per heavy atom. The minimum Gasteiger partial charge on any atom is -0.464 e. The van der Waals surface area contributed by atoms with E-state index in [9.17, 15) is 14.9 Å². The van der Waals surface area contributed by atoms with Gasteiger partial charge in [0, 0.05) is 41.2 Å². The van der Waals surface area contributed by atoms with Gasteiger partial charge in [-0.25, -0.2) is 0 Å². The summed E-state index contributed by atoms with van der Waals surface area (Å²) in [5, 5.41) is 18.7. The zero-order valence-corrected chi connectivity index (χ0v) is 19.5. The first-order valence-corrected chi connectivity index (χ1v) is 11.6. The molecule has 0 amide bonds. The summed E-state index contributed by atoms with van der Waals surface area (Å²) >= 11 is 0. The molecule has 0 radical (unpaired) electrons. The number of aryl methyl sites for hydroxylation is 1. The molecule has 0 bridgehead atoms. The Balaban J connectivity index is 1.63. The summed E-state index contributed by atoms with van der Waals surface area (Å²) in [4.78, 5) is 27.2. The third-order valence-electron chi connectivity index (χ3n) is 6.58. The molecule has 1 fully saturated rings. The Bertz CT molecular complexity index is 1700. The first-order chi connectivity index (χ1) is 17.5. The Hall–Kier alpha value is -4.50. The van der Waals surface area contributed by atoms with Gasteiger partial charge in [-0.15, -0.1) is 0 Å². The highest BCUT2D eigenvalue weighted by molar-refractivity contribution is 5.96. The average Bonchev–Trinajstić information content (AvgIpc) is 3.39. The van der Waals surface area contributed by atoms with Gasteiger partial charge in [-0.3, -0.25) is 14.9 Å². The minimum absolute atomic E-state index is 0.127. The molecular weight excluding hydrogens is 460 g/mol. The number of benzene rings is 3. The predicted octanol–water partition coefficient (Wildman–Crippen LogP) is 4.85. The van der Waals surface area contributed by atoms with Crippen LogP contribution < -0.4 is 10.5 Å². The number of fused-ring (bicyclic) bond motifs is 2. The van der Waals surface area contributed by atoms with Crippen molar-refractivity contribution in [1.82, 2.24) is 9.78 Å². The second-order valence-electron chi connectivity index (χ2n) is 8.77. The van der Waals surface area contributed by atoms with Gasteiger partial charge in [0.25, 0.3) is 11.2 Å². The highest BCUT2D eigenvalue weighted by Gasteiger charge is 2.23. The standard InChI is InChI=1S/C27H22N4O5/c1-17-14-19(15-18-8-11-36-26(17)18)25-21-4-2-3-5-22(21)27(32)30(28-25)24-16-20(6-7-23(24)31(33)34)29-9-12-35-13-10-29/h2-8,11,14-16H,9-10,12-13H2,1H3. The van der Waals surface area contributed by atoms with Gasteiger partial charge in [0.15, 0.2) is 0 Å². The molecule has 6 rings (SSSR count). The molecule has 1 aliphatic heterocycles. The number of furan rings is 1. The van der Waals surface area contributed by atoms with Crippen molar-refractivity contribution in [3.05, 3.63) is 93.0 Å². The van der Waals surface area contributed by atoms with Crippen molar-refractivity contribution in [2.45, 2.75) is 6.92 Å². The molecule has 3 aromatic carbocycles. The molecule has 1 saturated heterocycles. The van der Waals surface area contributed by atoms with Crippen LogP contribution in [-0.4, -0.2) is 41.0 Å². The van der Waals surface area contributed by atoms with Crippen LogP contribution in [0.25, 0.3) is 38.7 Å². The zero-order chi connectivity index (χ0) is 24.8. The number of anilines is 1. The first kappa shape index (κ1) is 22.0. The number of nitro groups is 1. The number of rotatable bonds is 4. The summed E-state index contributed by atoms with van der Waals surface area (Å²) in [7, 11) is 0. The van der Waals surface area contributed by atoms with Gasteiger partial charge >= 0.3 is 0 Å². The van der Waals surface area contributed by atoms with Gasteiger partial charge in [-0.2, -0.15) is 9.78 Å². The summed E-state index contributed by atoms with van der Waals surface area (Å²) in [6, 6.07) is 17.8. The van der Waals surface area contributed by atoms with Crippen LogP contribution in [-0.2, 0) is 4.74 Å². The number of nitro benzene ring substituents is 1. The normalized spacial score (nSPS) is 14.0. The fourth-order valence-corrected chi connectivity index (χ4v) is 4.82. The van der Waals surface area contributed by atoms with Crippen LogP contribution in [0.15, 0.2) is 76.1 Å². The van der Waals surface area contributed by atoms with Crippen LogP contribution in [0.3, 0.4) is 0 Å². The second-order valence-corrected chi connectivity index (χ2v) is 8.77. The quantitative estimate of drug-likeness (QED) is 0.266. The lowest BCUT2D eigenvalue weighted by molar-refractivity contribution is -0.384.